The molecule has 0 aliphatic rings. The van der Waals surface area contributed by atoms with Gasteiger partial charge in [0.2, 0.25) is 11.8 Å². The Kier molecular flexibility index (Phi) is 19.1. The summed E-state index contributed by atoms with van der Waals surface area (Å²) < 4.78 is 11.0. The molecular weight excluding hydrogens is 578 g/mol. The summed E-state index contributed by atoms with van der Waals surface area (Å²) in [6, 6.07) is 5.74. The maximum Gasteiger partial charge on any atom is 0.326 e. The van der Waals surface area contributed by atoms with E-state index >= 15 is 0 Å². The van der Waals surface area contributed by atoms with E-state index in [4.69, 9.17) is 9.47 Å². The van der Waals surface area contributed by atoms with Crippen molar-refractivity contribution in [2.45, 2.75) is 131 Å². The smallest absolute Gasteiger partial charge is 0.326 e. The Bertz CT molecular complexity index is 1050. The molecule has 256 valence electrons. The average Bonchev–Trinajstić information content (AvgIpc) is 2.99. The van der Waals surface area contributed by atoms with Gasteiger partial charge >= 0.3 is 5.97 Å². The number of carbonyl (C=O) groups excluding carboxylic acids is 4. The monoisotopic (exact) mass is 635 g/mol. The van der Waals surface area contributed by atoms with E-state index in [0.29, 0.717) is 18.4 Å². The van der Waals surface area contributed by atoms with Crippen molar-refractivity contribution in [3.8, 4) is 0 Å². The Hall–Kier alpha value is -3.31. The number of amides is 3. The molecule has 1 aromatic carbocycles. The van der Waals surface area contributed by atoms with E-state index in [-0.39, 0.29) is 42.0 Å². The second kappa shape index (κ2) is 20.7. The molecule has 11 heteroatoms. The van der Waals surface area contributed by atoms with E-state index in [1.807, 2.05) is 48.5 Å². The lowest BCUT2D eigenvalue weighted by molar-refractivity contribution is -0.142. The first-order valence-corrected chi connectivity index (χ1v) is 15.9. The molecule has 0 heterocycles. The summed E-state index contributed by atoms with van der Waals surface area (Å²) in [5, 5.41) is 16.9. The van der Waals surface area contributed by atoms with Gasteiger partial charge in [-0.2, -0.15) is 0 Å². The molecule has 0 unspecified atom stereocenters. The molecule has 3 atom stereocenters. The lowest BCUT2D eigenvalue weighted by Gasteiger charge is -2.25. The van der Waals surface area contributed by atoms with Gasteiger partial charge in [-0.3, -0.25) is 19.2 Å². The van der Waals surface area contributed by atoms with Crippen molar-refractivity contribution in [1.82, 2.24) is 16.0 Å². The largest absolute Gasteiger partial charge is 0.480 e. The van der Waals surface area contributed by atoms with E-state index in [0.717, 1.165) is 19.3 Å². The molecule has 11 nitrogen and oxygen atoms in total. The number of ketones is 1. The Morgan fingerprint density at radius 1 is 0.778 bits per heavy atom. The summed E-state index contributed by atoms with van der Waals surface area (Å²) in [5.74, 6) is -2.80. The lowest BCUT2D eigenvalue weighted by Crippen LogP contribution is -2.56. The Morgan fingerprint density at radius 2 is 1.29 bits per heavy atom. The molecule has 0 saturated heterocycles. The zero-order valence-electron chi connectivity index (χ0n) is 29.0. The summed E-state index contributed by atoms with van der Waals surface area (Å²) in [7, 11) is 0. The molecule has 0 fully saturated rings. The molecule has 0 aromatic heterocycles. The third-order valence-electron chi connectivity index (χ3n) is 7.44. The second-order valence-electron chi connectivity index (χ2n) is 12.7. The van der Waals surface area contributed by atoms with Crippen LogP contribution in [0.2, 0.25) is 0 Å². The zero-order valence-corrected chi connectivity index (χ0v) is 29.0. The van der Waals surface area contributed by atoms with Crippen LogP contribution < -0.4 is 16.0 Å². The number of rotatable bonds is 19. The molecule has 0 aliphatic carbocycles. The fourth-order valence-electron chi connectivity index (χ4n) is 3.48. The maximum absolute atomic E-state index is 12.6. The molecular formula is C34H57N3O8. The summed E-state index contributed by atoms with van der Waals surface area (Å²) >= 11 is 0. The van der Waals surface area contributed by atoms with E-state index in [9.17, 15) is 29.1 Å². The maximum atomic E-state index is 12.6. The standard InChI is InChI=1S/C21H31N3O5.C13H26O3/c1-5-6-12-16(21(28)29)23-18(25)14(4)22-20(27)17(13(2)3)24-19(26)15-10-8-7-9-11-15;1-7-12(3,4)15-9-11(14)10-16-13(5,6)8-2/h7-11,13-14,16-17H,5-6,12H2,1-4H3,(H,22,27)(H,23,25)(H,24,26)(H,28,29);7-10H2,1-6H3/t14-,16-,17-;/m0./s1. The topological polar surface area (TPSA) is 160 Å². The molecule has 0 saturated carbocycles. The van der Waals surface area contributed by atoms with Crippen molar-refractivity contribution >= 4 is 29.5 Å². The Morgan fingerprint density at radius 3 is 1.71 bits per heavy atom. The quantitative estimate of drug-likeness (QED) is 0.171. The van der Waals surface area contributed by atoms with Crippen molar-refractivity contribution in [3.05, 3.63) is 35.9 Å². The SMILES string of the molecule is CCC(C)(C)OCC(=O)COC(C)(C)CC.CCCC[C@H](NC(=O)[C@H](C)NC(=O)[C@@H](NC(=O)c1ccccc1)C(C)C)C(=O)O. The molecule has 45 heavy (non-hydrogen) atoms. The van der Waals surface area contributed by atoms with Crippen LogP contribution in [0.25, 0.3) is 0 Å². The highest BCUT2D eigenvalue weighted by Gasteiger charge is 2.29. The van der Waals surface area contributed by atoms with Crippen LogP contribution in [0.15, 0.2) is 30.3 Å². The predicted molar refractivity (Wildman–Crippen MR) is 175 cm³/mol. The van der Waals surface area contributed by atoms with E-state index < -0.39 is 35.9 Å². The van der Waals surface area contributed by atoms with Crippen LogP contribution in [0.1, 0.15) is 112 Å². The number of carboxylic acids is 1. The lowest BCUT2D eigenvalue weighted by atomic mass is 10.0. The normalized spacial score (nSPS) is 13.5. The molecule has 3 amide bonds. The predicted octanol–water partition coefficient (Wildman–Crippen LogP) is 4.67. The molecule has 0 spiro atoms. The number of benzene rings is 1. The number of nitrogens with one attached hydrogen (secondary N) is 3. The first kappa shape index (κ1) is 41.7. The van der Waals surface area contributed by atoms with Gasteiger partial charge in [-0.15, -0.1) is 0 Å². The Balaban J connectivity index is 0.00000103. The van der Waals surface area contributed by atoms with Crippen LogP contribution in [0, 0.1) is 5.92 Å². The summed E-state index contributed by atoms with van der Waals surface area (Å²) in [5.41, 5.74) is -0.0248. The first-order chi connectivity index (χ1) is 20.9. The number of hydrogen-bond acceptors (Lipinski definition) is 7. The third kappa shape index (κ3) is 17.7. The highest BCUT2D eigenvalue weighted by atomic mass is 16.5. The van der Waals surface area contributed by atoms with Gasteiger partial charge in [0.25, 0.3) is 5.91 Å². The number of ether oxygens (including phenoxy) is 2. The summed E-state index contributed by atoms with van der Waals surface area (Å²) in [6.45, 7) is 19.3. The number of aliphatic carboxylic acids is 1. The van der Waals surface area contributed by atoms with Gasteiger partial charge in [-0.05, 0) is 71.9 Å². The van der Waals surface area contributed by atoms with Crippen LogP contribution in [0.4, 0.5) is 0 Å². The van der Waals surface area contributed by atoms with Gasteiger partial charge in [0.1, 0.15) is 31.3 Å². The fourth-order valence-corrected chi connectivity index (χ4v) is 3.48. The molecule has 0 aliphatic heterocycles. The van der Waals surface area contributed by atoms with Gasteiger partial charge in [0, 0.05) is 5.56 Å². The number of hydrogen-bond donors (Lipinski definition) is 4. The van der Waals surface area contributed by atoms with Gasteiger partial charge in [-0.25, -0.2) is 4.79 Å². The minimum absolute atomic E-state index is 0.00282. The second-order valence-corrected chi connectivity index (χ2v) is 12.7. The van der Waals surface area contributed by atoms with Crippen molar-refractivity contribution in [2.24, 2.45) is 5.92 Å². The summed E-state index contributed by atoms with van der Waals surface area (Å²) in [6.07, 6.45) is 3.57. The minimum Gasteiger partial charge on any atom is -0.480 e. The van der Waals surface area contributed by atoms with Crippen molar-refractivity contribution < 1.29 is 38.6 Å². The third-order valence-corrected chi connectivity index (χ3v) is 7.44. The minimum atomic E-state index is -1.11. The van der Waals surface area contributed by atoms with Crippen LogP contribution >= 0.6 is 0 Å². The van der Waals surface area contributed by atoms with Gasteiger partial charge in [-0.1, -0.05) is 65.7 Å². The average molecular weight is 636 g/mol. The number of carboxylic acid groups (broad SMARTS) is 1. The fraction of sp³-hybridized carbons (Fsp3) is 0.676. The zero-order chi connectivity index (χ0) is 34.8. The van der Waals surface area contributed by atoms with E-state index in [1.165, 1.54) is 6.92 Å². The molecule has 0 bridgehead atoms. The summed E-state index contributed by atoms with van der Waals surface area (Å²) in [4.78, 5) is 60.1. The van der Waals surface area contributed by atoms with Crippen LogP contribution in [0.3, 0.4) is 0 Å². The van der Waals surface area contributed by atoms with E-state index in [2.05, 4.69) is 16.0 Å². The van der Waals surface area contributed by atoms with E-state index in [1.54, 1.807) is 44.2 Å². The van der Waals surface area contributed by atoms with Crippen molar-refractivity contribution in [2.75, 3.05) is 13.2 Å². The van der Waals surface area contributed by atoms with Gasteiger partial charge in [0.05, 0.1) is 11.2 Å². The van der Waals surface area contributed by atoms with Crippen molar-refractivity contribution in [1.29, 1.82) is 0 Å². The van der Waals surface area contributed by atoms with Crippen molar-refractivity contribution in [3.63, 3.8) is 0 Å². The highest BCUT2D eigenvalue weighted by molar-refractivity contribution is 5.98. The Labute approximate surface area is 269 Å². The molecule has 0 radical (unpaired) electrons. The van der Waals surface area contributed by atoms with Crippen LogP contribution in [-0.4, -0.2) is 77.1 Å². The molecule has 1 aromatic rings. The molecule has 4 N–H and O–H groups in total. The van der Waals surface area contributed by atoms with Gasteiger partial charge < -0.3 is 30.5 Å². The van der Waals surface area contributed by atoms with Gasteiger partial charge in [0.15, 0.2) is 5.78 Å². The first-order valence-electron chi connectivity index (χ1n) is 15.9. The number of carbonyl (C=O) groups is 5. The number of unbranched alkanes of at least 4 members (excludes halogenated alkanes) is 1. The van der Waals surface area contributed by atoms with Crippen LogP contribution in [-0.2, 0) is 28.7 Å². The van der Waals surface area contributed by atoms with Crippen LogP contribution in [0.5, 0.6) is 0 Å². The highest BCUT2D eigenvalue weighted by Crippen LogP contribution is 2.15. The number of Topliss-reactive ketones (excluding diaryl/α,β-unsaturated/α-hetero) is 1. The molecule has 1 rings (SSSR count).